The first kappa shape index (κ1) is 21.8. The van der Waals surface area contributed by atoms with Crippen molar-refractivity contribution in [3.63, 3.8) is 0 Å². The first-order valence-corrected chi connectivity index (χ1v) is 12.1. The van der Waals surface area contributed by atoms with Gasteiger partial charge in [-0.3, -0.25) is 18.9 Å². The van der Waals surface area contributed by atoms with Crippen LogP contribution in [0.3, 0.4) is 0 Å². The highest BCUT2D eigenvalue weighted by Crippen LogP contribution is 2.35. The predicted molar refractivity (Wildman–Crippen MR) is 131 cm³/mol. The van der Waals surface area contributed by atoms with E-state index in [2.05, 4.69) is 6.92 Å². The average Bonchev–Trinajstić information content (AvgIpc) is 3.04. The van der Waals surface area contributed by atoms with E-state index in [4.69, 9.17) is 17.2 Å². The number of amides is 1. The summed E-state index contributed by atoms with van der Waals surface area (Å²) in [4.78, 5) is 34.1. The summed E-state index contributed by atoms with van der Waals surface area (Å²) in [5.74, 6) is -0.140. The zero-order valence-electron chi connectivity index (χ0n) is 17.0. The second-order valence-electron chi connectivity index (χ2n) is 7.02. The van der Waals surface area contributed by atoms with Crippen LogP contribution in [-0.2, 0) is 4.79 Å². The zero-order valence-corrected chi connectivity index (χ0v) is 19.4. The minimum absolute atomic E-state index is 0.140. The number of hydrogen-bond donors (Lipinski definition) is 0. The second-order valence-corrected chi connectivity index (χ2v) is 9.76. The third-order valence-corrected chi connectivity index (χ3v) is 7.22. The number of carbonyl (C=O) groups is 1. The van der Waals surface area contributed by atoms with Crippen LogP contribution in [0.4, 0.5) is 0 Å². The Morgan fingerprint density at radius 1 is 1.10 bits per heavy atom. The summed E-state index contributed by atoms with van der Waals surface area (Å²) in [6.45, 7) is 2.73. The Bertz CT molecular complexity index is 1220. The van der Waals surface area contributed by atoms with Gasteiger partial charge in [0.05, 0.1) is 10.5 Å². The van der Waals surface area contributed by atoms with Gasteiger partial charge in [0.25, 0.3) is 11.5 Å². The maximum Gasteiger partial charge on any atom is 0.266 e. The zero-order chi connectivity index (χ0) is 21.8. The summed E-state index contributed by atoms with van der Waals surface area (Å²) in [5.41, 5.74) is 0.752. The third kappa shape index (κ3) is 4.76. The summed E-state index contributed by atoms with van der Waals surface area (Å²) < 4.78 is 2.04. The topological polar surface area (TPSA) is 54.7 Å². The quantitative estimate of drug-likeness (QED) is 0.205. The SMILES string of the molecule is CCCCCN1C(=O)C(=Cc2c(Sc3ccccc3)nc3ccccn3c2=O)SC1=S. The predicted octanol–water partition coefficient (Wildman–Crippen LogP) is 5.24. The van der Waals surface area contributed by atoms with Gasteiger partial charge >= 0.3 is 0 Å². The van der Waals surface area contributed by atoms with Crippen LogP contribution in [0.2, 0.25) is 0 Å². The molecule has 0 saturated carbocycles. The van der Waals surface area contributed by atoms with Gasteiger partial charge in [-0.1, -0.05) is 79.8 Å². The van der Waals surface area contributed by atoms with Crippen molar-refractivity contribution in [2.24, 2.45) is 0 Å². The molecule has 0 spiro atoms. The fraction of sp³-hybridized carbons (Fsp3) is 0.217. The number of fused-ring (bicyclic) bond motifs is 1. The van der Waals surface area contributed by atoms with E-state index in [1.54, 1.807) is 29.3 Å². The molecule has 0 radical (unpaired) electrons. The average molecular weight is 468 g/mol. The van der Waals surface area contributed by atoms with Crippen molar-refractivity contribution >= 4 is 57.7 Å². The monoisotopic (exact) mass is 467 g/mol. The minimum atomic E-state index is -0.208. The molecule has 3 aromatic rings. The molecule has 4 rings (SSSR count). The smallest absolute Gasteiger partial charge is 0.266 e. The molecule has 1 aromatic carbocycles. The molecule has 5 nitrogen and oxygen atoms in total. The Balaban J connectivity index is 1.76. The Morgan fingerprint density at radius 3 is 2.65 bits per heavy atom. The van der Waals surface area contributed by atoms with Crippen molar-refractivity contribution in [3.8, 4) is 0 Å². The van der Waals surface area contributed by atoms with Gasteiger partial charge in [0.1, 0.15) is 15.0 Å². The van der Waals surface area contributed by atoms with E-state index >= 15 is 0 Å². The van der Waals surface area contributed by atoms with Gasteiger partial charge in [-0.05, 0) is 36.8 Å². The molecule has 1 aliphatic rings. The Labute approximate surface area is 194 Å². The van der Waals surface area contributed by atoms with Gasteiger partial charge in [-0.2, -0.15) is 0 Å². The Kier molecular flexibility index (Phi) is 6.89. The lowest BCUT2D eigenvalue weighted by molar-refractivity contribution is -0.122. The maximum atomic E-state index is 13.3. The summed E-state index contributed by atoms with van der Waals surface area (Å²) >= 11 is 8.09. The van der Waals surface area contributed by atoms with Gasteiger partial charge < -0.3 is 0 Å². The first-order chi connectivity index (χ1) is 15.1. The van der Waals surface area contributed by atoms with Crippen molar-refractivity contribution in [2.75, 3.05) is 6.54 Å². The Hall–Kier alpha value is -2.42. The van der Waals surface area contributed by atoms with Crippen LogP contribution in [-0.4, -0.2) is 31.1 Å². The molecule has 158 valence electrons. The fourth-order valence-electron chi connectivity index (χ4n) is 3.23. The van der Waals surface area contributed by atoms with Gasteiger partial charge in [0.2, 0.25) is 0 Å². The molecule has 0 unspecified atom stereocenters. The van der Waals surface area contributed by atoms with Crippen LogP contribution in [0.1, 0.15) is 31.7 Å². The summed E-state index contributed by atoms with van der Waals surface area (Å²) in [7, 11) is 0. The standard InChI is InChI=1S/C23H21N3O2S3/c1-2-3-8-14-26-22(28)18(31-23(26)29)15-17-20(30-16-10-5-4-6-11-16)24-19-12-7-9-13-25(19)21(17)27/h4-7,9-13,15H,2-3,8,14H2,1H3. The number of unbranched alkanes of at least 4 members (excludes halogenated alkanes) is 2. The van der Waals surface area contributed by atoms with Gasteiger partial charge in [0, 0.05) is 17.6 Å². The molecule has 1 amide bonds. The molecular formula is C23H21N3O2S3. The van der Waals surface area contributed by atoms with Crippen LogP contribution < -0.4 is 5.56 Å². The molecule has 3 heterocycles. The molecule has 1 fully saturated rings. The van der Waals surface area contributed by atoms with Crippen molar-refractivity contribution in [1.29, 1.82) is 0 Å². The highest BCUT2D eigenvalue weighted by atomic mass is 32.2. The van der Waals surface area contributed by atoms with E-state index in [-0.39, 0.29) is 11.5 Å². The van der Waals surface area contributed by atoms with E-state index < -0.39 is 0 Å². The molecule has 8 heteroatoms. The van der Waals surface area contributed by atoms with E-state index in [0.29, 0.717) is 32.0 Å². The number of carbonyl (C=O) groups excluding carboxylic acids is 1. The van der Waals surface area contributed by atoms with Crippen molar-refractivity contribution in [1.82, 2.24) is 14.3 Å². The number of thioether (sulfide) groups is 1. The molecule has 0 N–H and O–H groups in total. The number of hydrogen-bond acceptors (Lipinski definition) is 6. The molecule has 0 bridgehead atoms. The fourth-order valence-corrected chi connectivity index (χ4v) is 5.43. The normalized spacial score (nSPS) is 15.4. The molecule has 2 aromatic heterocycles. The van der Waals surface area contributed by atoms with Gasteiger partial charge in [0.15, 0.2) is 0 Å². The molecule has 0 aliphatic carbocycles. The summed E-state index contributed by atoms with van der Waals surface area (Å²) in [6, 6.07) is 15.2. The van der Waals surface area contributed by atoms with Crippen LogP contribution in [0, 0.1) is 0 Å². The third-order valence-electron chi connectivity index (χ3n) is 4.83. The van der Waals surface area contributed by atoms with Crippen LogP contribution in [0.5, 0.6) is 0 Å². The van der Waals surface area contributed by atoms with Crippen molar-refractivity contribution in [2.45, 2.75) is 36.1 Å². The lowest BCUT2D eigenvalue weighted by atomic mass is 10.2. The highest BCUT2D eigenvalue weighted by Gasteiger charge is 2.32. The number of pyridine rings is 1. The van der Waals surface area contributed by atoms with Crippen molar-refractivity contribution in [3.05, 3.63) is 75.6 Å². The second kappa shape index (κ2) is 9.80. The van der Waals surface area contributed by atoms with Gasteiger partial charge in [-0.15, -0.1) is 0 Å². The van der Waals surface area contributed by atoms with E-state index in [1.807, 2.05) is 36.4 Å². The molecule has 1 aliphatic heterocycles. The Morgan fingerprint density at radius 2 is 1.87 bits per heavy atom. The number of aromatic nitrogens is 2. The highest BCUT2D eigenvalue weighted by molar-refractivity contribution is 8.26. The van der Waals surface area contributed by atoms with Gasteiger partial charge in [-0.25, -0.2) is 4.98 Å². The minimum Gasteiger partial charge on any atom is -0.293 e. The number of thiocarbonyl (C=S) groups is 1. The summed E-state index contributed by atoms with van der Waals surface area (Å²) in [6.07, 6.45) is 6.37. The van der Waals surface area contributed by atoms with Crippen molar-refractivity contribution < 1.29 is 4.79 Å². The largest absolute Gasteiger partial charge is 0.293 e. The van der Waals surface area contributed by atoms with Crippen LogP contribution in [0.15, 0.2) is 74.3 Å². The van der Waals surface area contributed by atoms with E-state index in [9.17, 15) is 9.59 Å². The lowest BCUT2D eigenvalue weighted by Gasteiger charge is -2.13. The number of benzene rings is 1. The van der Waals surface area contributed by atoms with E-state index in [0.717, 1.165) is 24.2 Å². The van der Waals surface area contributed by atoms with E-state index in [1.165, 1.54) is 27.9 Å². The first-order valence-electron chi connectivity index (χ1n) is 10.1. The molecule has 1 saturated heterocycles. The maximum absolute atomic E-state index is 13.3. The van der Waals surface area contributed by atoms with Crippen LogP contribution in [0.25, 0.3) is 11.7 Å². The molecule has 31 heavy (non-hydrogen) atoms. The molecular weight excluding hydrogens is 446 g/mol. The lowest BCUT2D eigenvalue weighted by Crippen LogP contribution is -2.29. The number of nitrogens with zero attached hydrogens (tertiary/aromatic N) is 3. The summed E-state index contributed by atoms with van der Waals surface area (Å²) in [5, 5.41) is 0.568. The van der Waals surface area contributed by atoms with Crippen LogP contribution >= 0.6 is 35.7 Å². The molecule has 0 atom stereocenters. The number of rotatable bonds is 7.